The van der Waals surface area contributed by atoms with Gasteiger partial charge in [-0.3, -0.25) is 9.69 Å². The van der Waals surface area contributed by atoms with E-state index in [0.717, 1.165) is 11.8 Å². The van der Waals surface area contributed by atoms with Crippen molar-refractivity contribution >= 4 is 68.6 Å². The van der Waals surface area contributed by atoms with E-state index in [1.165, 1.54) is 23.1 Å². The molecule has 2 aromatic rings. The smallest absolute Gasteiger partial charge is 0.270 e. The third-order valence-corrected chi connectivity index (χ3v) is 5.63. The lowest BCUT2D eigenvalue weighted by atomic mass is 10.2. The van der Waals surface area contributed by atoms with Gasteiger partial charge in [0.15, 0.2) is 15.8 Å². The Morgan fingerprint density at radius 1 is 1.38 bits per heavy atom. The van der Waals surface area contributed by atoms with Crippen molar-refractivity contribution in [3.63, 3.8) is 0 Å². The number of hydrogen-bond donors (Lipinski definition) is 1. The van der Waals surface area contributed by atoms with Gasteiger partial charge in [0.05, 0.1) is 20.8 Å². The Balaban J connectivity index is 1.96. The topological polar surface area (TPSA) is 49.8 Å². The summed E-state index contributed by atoms with van der Waals surface area (Å²) in [4.78, 5) is 14.5. The second-order valence-electron chi connectivity index (χ2n) is 5.28. The molecule has 134 valence electrons. The molecule has 1 aliphatic rings. The van der Waals surface area contributed by atoms with E-state index in [9.17, 15) is 14.3 Å². The number of benzene rings is 2. The Bertz CT molecular complexity index is 933. The summed E-state index contributed by atoms with van der Waals surface area (Å²) in [6, 6.07) is 9.15. The van der Waals surface area contributed by atoms with E-state index in [-0.39, 0.29) is 11.7 Å². The van der Waals surface area contributed by atoms with Crippen LogP contribution in [0.4, 0.5) is 10.1 Å². The fraction of sp³-hybridized carbons (Fsp3) is 0.111. The first-order valence-corrected chi connectivity index (χ1v) is 9.90. The van der Waals surface area contributed by atoms with Crippen LogP contribution in [0, 0.1) is 9.39 Å². The van der Waals surface area contributed by atoms with Crippen molar-refractivity contribution in [2.24, 2.45) is 0 Å². The van der Waals surface area contributed by atoms with Gasteiger partial charge in [-0.1, -0.05) is 30.0 Å². The second-order valence-corrected chi connectivity index (χ2v) is 8.12. The van der Waals surface area contributed by atoms with E-state index in [2.05, 4.69) is 0 Å². The standard InChI is InChI=1S/C18H13FINO3S2/c1-2-24-14-7-10(6-13(20)16(14)22)8-15-17(23)21(18(25)26-15)12-5-3-4-11(19)9-12/h3-9,22H,2H2,1H3/b15-8-. The Morgan fingerprint density at radius 2 is 2.15 bits per heavy atom. The lowest BCUT2D eigenvalue weighted by Gasteiger charge is -2.14. The van der Waals surface area contributed by atoms with E-state index in [1.807, 2.05) is 29.5 Å². The van der Waals surface area contributed by atoms with Gasteiger partial charge in [-0.15, -0.1) is 0 Å². The molecule has 0 bridgehead atoms. The summed E-state index contributed by atoms with van der Waals surface area (Å²) in [5, 5.41) is 10.0. The van der Waals surface area contributed by atoms with Crippen LogP contribution in [0.3, 0.4) is 0 Å². The number of ether oxygens (including phenoxy) is 1. The average molecular weight is 501 g/mol. The second kappa shape index (κ2) is 7.93. The summed E-state index contributed by atoms with van der Waals surface area (Å²) in [5.74, 6) is -0.329. The first-order chi connectivity index (χ1) is 12.4. The van der Waals surface area contributed by atoms with Crippen LogP contribution in [0.15, 0.2) is 41.3 Å². The summed E-state index contributed by atoms with van der Waals surface area (Å²) in [7, 11) is 0. The van der Waals surface area contributed by atoms with Crippen LogP contribution in [0.1, 0.15) is 12.5 Å². The van der Waals surface area contributed by atoms with Crippen molar-refractivity contribution in [2.75, 3.05) is 11.5 Å². The largest absolute Gasteiger partial charge is 0.504 e. The lowest BCUT2D eigenvalue weighted by Crippen LogP contribution is -2.27. The van der Waals surface area contributed by atoms with Crippen molar-refractivity contribution in [1.82, 2.24) is 0 Å². The Kier molecular flexibility index (Phi) is 5.83. The molecular weight excluding hydrogens is 488 g/mol. The number of anilines is 1. The summed E-state index contributed by atoms with van der Waals surface area (Å²) >= 11 is 8.44. The molecule has 0 unspecified atom stereocenters. The number of nitrogens with zero attached hydrogens (tertiary/aromatic N) is 1. The van der Waals surface area contributed by atoms with Crippen LogP contribution >= 0.6 is 46.6 Å². The Labute approximate surface area is 173 Å². The maximum Gasteiger partial charge on any atom is 0.270 e. The van der Waals surface area contributed by atoms with Crippen molar-refractivity contribution in [3.8, 4) is 11.5 Å². The van der Waals surface area contributed by atoms with E-state index < -0.39 is 5.82 Å². The maximum absolute atomic E-state index is 13.5. The van der Waals surface area contributed by atoms with E-state index in [0.29, 0.717) is 36.4 Å². The molecular formula is C18H13FINO3S2. The van der Waals surface area contributed by atoms with Gasteiger partial charge in [0, 0.05) is 0 Å². The van der Waals surface area contributed by atoms with Gasteiger partial charge < -0.3 is 9.84 Å². The van der Waals surface area contributed by atoms with Crippen LogP contribution in [-0.4, -0.2) is 21.9 Å². The number of halogens is 2. The molecule has 4 nitrogen and oxygen atoms in total. The van der Waals surface area contributed by atoms with E-state index in [4.69, 9.17) is 17.0 Å². The monoisotopic (exact) mass is 501 g/mol. The molecule has 0 saturated carbocycles. The normalized spacial score (nSPS) is 15.8. The number of hydrogen-bond acceptors (Lipinski definition) is 5. The van der Waals surface area contributed by atoms with Crippen molar-refractivity contribution < 1.29 is 19.0 Å². The fourth-order valence-corrected chi connectivity index (χ4v) is 4.32. The molecule has 26 heavy (non-hydrogen) atoms. The number of carbonyl (C=O) groups is 1. The van der Waals surface area contributed by atoms with Crippen molar-refractivity contribution in [3.05, 3.63) is 56.3 Å². The van der Waals surface area contributed by atoms with Crippen LogP contribution in [-0.2, 0) is 4.79 Å². The van der Waals surface area contributed by atoms with Gasteiger partial charge in [-0.2, -0.15) is 0 Å². The molecule has 1 N–H and O–H groups in total. The molecule has 3 rings (SSSR count). The zero-order chi connectivity index (χ0) is 18.8. The van der Waals surface area contributed by atoms with Gasteiger partial charge in [0.25, 0.3) is 5.91 Å². The first kappa shape index (κ1) is 19.1. The number of phenols is 1. The van der Waals surface area contributed by atoms with Gasteiger partial charge in [0.2, 0.25) is 0 Å². The highest BCUT2D eigenvalue weighted by Gasteiger charge is 2.33. The minimum absolute atomic E-state index is 0.0666. The summed E-state index contributed by atoms with van der Waals surface area (Å²) < 4.78 is 19.8. The third kappa shape index (κ3) is 3.86. The molecule has 2 aromatic carbocycles. The van der Waals surface area contributed by atoms with Crippen LogP contribution in [0.25, 0.3) is 6.08 Å². The van der Waals surface area contributed by atoms with E-state index >= 15 is 0 Å². The predicted octanol–water partition coefficient (Wildman–Crippen LogP) is 4.94. The zero-order valence-electron chi connectivity index (χ0n) is 13.5. The SMILES string of the molecule is CCOc1cc(/C=C2\SC(=S)N(c3cccc(F)c3)C2=O)cc(I)c1O. The Hall–Kier alpha value is -1.65. The number of thiocarbonyl (C=S) groups is 1. The molecule has 0 radical (unpaired) electrons. The molecule has 1 amide bonds. The van der Waals surface area contributed by atoms with Crippen LogP contribution in [0.5, 0.6) is 11.5 Å². The molecule has 0 spiro atoms. The van der Waals surface area contributed by atoms with Gasteiger partial charge in [0.1, 0.15) is 5.82 Å². The number of rotatable bonds is 4. The fourth-order valence-electron chi connectivity index (χ4n) is 2.40. The van der Waals surface area contributed by atoms with Gasteiger partial charge in [-0.25, -0.2) is 4.39 Å². The molecule has 0 atom stereocenters. The quantitative estimate of drug-likeness (QED) is 0.366. The third-order valence-electron chi connectivity index (χ3n) is 3.51. The predicted molar refractivity (Wildman–Crippen MR) is 114 cm³/mol. The molecule has 0 aliphatic carbocycles. The number of phenolic OH excluding ortho intramolecular Hbond substituents is 1. The highest BCUT2D eigenvalue weighted by atomic mass is 127. The van der Waals surface area contributed by atoms with Gasteiger partial charge >= 0.3 is 0 Å². The van der Waals surface area contributed by atoms with E-state index in [1.54, 1.807) is 24.3 Å². The zero-order valence-corrected chi connectivity index (χ0v) is 17.3. The Morgan fingerprint density at radius 3 is 2.85 bits per heavy atom. The maximum atomic E-state index is 13.5. The number of amides is 1. The lowest BCUT2D eigenvalue weighted by molar-refractivity contribution is -0.113. The number of aromatic hydroxyl groups is 1. The summed E-state index contributed by atoms with van der Waals surface area (Å²) in [5.41, 5.74) is 1.10. The number of carbonyl (C=O) groups excluding carboxylic acids is 1. The molecule has 1 fully saturated rings. The minimum atomic E-state index is -0.435. The average Bonchev–Trinajstić information content (AvgIpc) is 2.86. The molecule has 1 aliphatic heterocycles. The van der Waals surface area contributed by atoms with Crippen LogP contribution in [0.2, 0.25) is 0 Å². The molecule has 0 aromatic heterocycles. The molecule has 1 heterocycles. The van der Waals surface area contributed by atoms with Crippen molar-refractivity contribution in [1.29, 1.82) is 0 Å². The summed E-state index contributed by atoms with van der Waals surface area (Å²) in [6.45, 7) is 2.23. The highest BCUT2D eigenvalue weighted by molar-refractivity contribution is 14.1. The summed E-state index contributed by atoms with van der Waals surface area (Å²) in [6.07, 6.45) is 1.68. The minimum Gasteiger partial charge on any atom is -0.504 e. The van der Waals surface area contributed by atoms with Crippen LogP contribution < -0.4 is 9.64 Å². The first-order valence-electron chi connectivity index (χ1n) is 7.59. The molecule has 8 heteroatoms. The number of thioether (sulfide) groups is 1. The molecule has 1 saturated heterocycles. The van der Waals surface area contributed by atoms with Gasteiger partial charge in [-0.05, 0) is 71.5 Å². The highest BCUT2D eigenvalue weighted by Crippen LogP contribution is 2.38. The van der Waals surface area contributed by atoms with Crippen molar-refractivity contribution in [2.45, 2.75) is 6.92 Å².